The van der Waals surface area contributed by atoms with Crippen LogP contribution >= 0.6 is 0 Å². The number of aliphatic hydroxyl groups is 1. The van der Waals surface area contributed by atoms with E-state index in [-0.39, 0.29) is 11.6 Å². The summed E-state index contributed by atoms with van der Waals surface area (Å²) in [6.07, 6.45) is 2.98. The molecular weight excluding hydrogens is 186 g/mol. The van der Waals surface area contributed by atoms with E-state index in [0.29, 0.717) is 5.41 Å². The van der Waals surface area contributed by atoms with Gasteiger partial charge in [0.1, 0.15) is 0 Å². The second kappa shape index (κ2) is 3.33. The van der Waals surface area contributed by atoms with E-state index in [1.165, 1.54) is 5.57 Å². The molecule has 0 aromatic rings. The van der Waals surface area contributed by atoms with E-state index in [1.54, 1.807) is 0 Å². The maximum absolute atomic E-state index is 9.83. The lowest BCUT2D eigenvalue weighted by Crippen LogP contribution is -2.42. The molecule has 2 rings (SSSR count). The molecular formula is C13H23NO. The molecule has 2 heteroatoms. The second-order valence-electron chi connectivity index (χ2n) is 6.43. The molecule has 0 aliphatic carbocycles. The first-order valence-electron chi connectivity index (χ1n) is 5.95. The van der Waals surface area contributed by atoms with Crippen LogP contribution in [0.5, 0.6) is 0 Å². The molecule has 15 heavy (non-hydrogen) atoms. The molecule has 2 heterocycles. The van der Waals surface area contributed by atoms with Crippen molar-refractivity contribution in [2.75, 3.05) is 13.1 Å². The van der Waals surface area contributed by atoms with Gasteiger partial charge >= 0.3 is 0 Å². The Morgan fingerprint density at radius 1 is 1.53 bits per heavy atom. The summed E-state index contributed by atoms with van der Waals surface area (Å²) in [7, 11) is 0. The van der Waals surface area contributed by atoms with Crippen molar-refractivity contribution in [3.05, 3.63) is 12.2 Å². The lowest BCUT2D eigenvalue weighted by Gasteiger charge is -2.38. The minimum absolute atomic E-state index is 0.109. The van der Waals surface area contributed by atoms with Crippen molar-refractivity contribution in [3.8, 4) is 0 Å². The van der Waals surface area contributed by atoms with Crippen molar-refractivity contribution in [2.45, 2.75) is 51.7 Å². The molecule has 1 unspecified atom stereocenters. The van der Waals surface area contributed by atoms with Crippen molar-refractivity contribution < 1.29 is 5.11 Å². The Balaban J connectivity index is 2.25. The lowest BCUT2D eigenvalue weighted by molar-refractivity contribution is 0.155. The van der Waals surface area contributed by atoms with Crippen LogP contribution in [0.2, 0.25) is 0 Å². The molecule has 86 valence electrons. The largest absolute Gasteiger partial charge is 0.392 e. The summed E-state index contributed by atoms with van der Waals surface area (Å²) in [4.78, 5) is 2.45. The number of hydrogen-bond acceptors (Lipinski definition) is 2. The van der Waals surface area contributed by atoms with Crippen molar-refractivity contribution in [1.82, 2.24) is 4.90 Å². The molecule has 2 fully saturated rings. The summed E-state index contributed by atoms with van der Waals surface area (Å²) >= 11 is 0. The average molecular weight is 209 g/mol. The van der Waals surface area contributed by atoms with Crippen LogP contribution in [0.15, 0.2) is 12.2 Å². The minimum Gasteiger partial charge on any atom is -0.392 e. The third-order valence-electron chi connectivity index (χ3n) is 3.77. The van der Waals surface area contributed by atoms with Gasteiger partial charge in [0.2, 0.25) is 0 Å². The Hall–Kier alpha value is -0.340. The number of β-amino-alcohol motifs (C(OH)–C–C–N with tert-alkyl or cyclic N) is 1. The Kier molecular flexibility index (Phi) is 2.47. The molecule has 0 aromatic heterocycles. The molecule has 2 saturated heterocycles. The predicted octanol–water partition coefficient (Wildman–Crippen LogP) is 2.19. The van der Waals surface area contributed by atoms with Crippen LogP contribution in [0.4, 0.5) is 0 Å². The SMILES string of the molecule is C=C1CCN2CC(O)C[C@]12CC(C)(C)C. The minimum atomic E-state index is -0.149. The fourth-order valence-electron chi connectivity index (χ4n) is 3.37. The van der Waals surface area contributed by atoms with Crippen LogP contribution in [-0.2, 0) is 0 Å². The maximum atomic E-state index is 9.83. The van der Waals surface area contributed by atoms with Gasteiger partial charge in [-0.1, -0.05) is 32.9 Å². The number of nitrogens with zero attached hydrogens (tertiary/aromatic N) is 1. The zero-order valence-electron chi connectivity index (χ0n) is 10.2. The Bertz CT molecular complexity index is 279. The third kappa shape index (κ3) is 1.85. The van der Waals surface area contributed by atoms with E-state index < -0.39 is 0 Å². The molecule has 2 nitrogen and oxygen atoms in total. The number of hydrogen-bond donors (Lipinski definition) is 1. The summed E-state index contributed by atoms with van der Waals surface area (Å²) in [6.45, 7) is 13.0. The molecule has 0 bridgehead atoms. The molecule has 2 atom stereocenters. The van der Waals surface area contributed by atoms with Gasteiger partial charge < -0.3 is 5.11 Å². The first kappa shape index (κ1) is 11.2. The highest BCUT2D eigenvalue weighted by atomic mass is 16.3. The highest BCUT2D eigenvalue weighted by Gasteiger charge is 2.51. The summed E-state index contributed by atoms with van der Waals surface area (Å²) in [5.74, 6) is 0. The highest BCUT2D eigenvalue weighted by molar-refractivity contribution is 5.27. The average Bonchev–Trinajstić information content (AvgIpc) is 2.47. The van der Waals surface area contributed by atoms with Crippen LogP contribution < -0.4 is 0 Å². The first-order chi connectivity index (χ1) is 6.83. The summed E-state index contributed by atoms with van der Waals surface area (Å²) < 4.78 is 0. The second-order valence-corrected chi connectivity index (χ2v) is 6.43. The molecule has 2 aliphatic heterocycles. The third-order valence-corrected chi connectivity index (χ3v) is 3.77. The van der Waals surface area contributed by atoms with Crippen molar-refractivity contribution >= 4 is 0 Å². The first-order valence-corrected chi connectivity index (χ1v) is 5.95. The van der Waals surface area contributed by atoms with Crippen molar-refractivity contribution in [1.29, 1.82) is 0 Å². The number of rotatable bonds is 1. The van der Waals surface area contributed by atoms with E-state index in [0.717, 1.165) is 32.4 Å². The topological polar surface area (TPSA) is 23.5 Å². The number of aliphatic hydroxyl groups excluding tert-OH is 1. The normalized spacial score (nSPS) is 37.3. The standard InChI is InChI=1S/C13H23NO/c1-10-5-6-14-8-11(15)7-13(10,14)9-12(2,3)4/h11,15H,1,5-9H2,2-4H3/t11?,13-/m0/s1. The van der Waals surface area contributed by atoms with Gasteiger partial charge in [-0.25, -0.2) is 0 Å². The van der Waals surface area contributed by atoms with Gasteiger partial charge in [0, 0.05) is 18.6 Å². The van der Waals surface area contributed by atoms with Crippen molar-refractivity contribution in [2.24, 2.45) is 5.41 Å². The summed E-state index contributed by atoms with van der Waals surface area (Å²) in [6, 6.07) is 0. The Labute approximate surface area is 93.0 Å². The molecule has 0 spiro atoms. The van der Waals surface area contributed by atoms with E-state index in [2.05, 4.69) is 32.3 Å². The van der Waals surface area contributed by atoms with Gasteiger partial charge in [-0.15, -0.1) is 0 Å². The van der Waals surface area contributed by atoms with Gasteiger partial charge in [0.15, 0.2) is 0 Å². The fraction of sp³-hybridized carbons (Fsp3) is 0.846. The van der Waals surface area contributed by atoms with E-state index in [1.807, 2.05) is 0 Å². The monoisotopic (exact) mass is 209 g/mol. The fourth-order valence-corrected chi connectivity index (χ4v) is 3.37. The van der Waals surface area contributed by atoms with Gasteiger partial charge in [0.25, 0.3) is 0 Å². The highest BCUT2D eigenvalue weighted by Crippen LogP contribution is 2.48. The number of fused-ring (bicyclic) bond motifs is 1. The zero-order chi connectivity index (χ0) is 11.3. The van der Waals surface area contributed by atoms with Crippen LogP contribution in [0.25, 0.3) is 0 Å². The van der Waals surface area contributed by atoms with Gasteiger partial charge in [-0.2, -0.15) is 0 Å². The molecule has 1 N–H and O–H groups in total. The van der Waals surface area contributed by atoms with Gasteiger partial charge in [-0.05, 0) is 24.7 Å². The van der Waals surface area contributed by atoms with Crippen LogP contribution in [0, 0.1) is 5.41 Å². The molecule has 0 amide bonds. The zero-order valence-corrected chi connectivity index (χ0v) is 10.2. The smallest absolute Gasteiger partial charge is 0.0688 e. The van der Waals surface area contributed by atoms with E-state index in [9.17, 15) is 5.11 Å². The van der Waals surface area contributed by atoms with Crippen molar-refractivity contribution in [3.63, 3.8) is 0 Å². The molecule has 0 aromatic carbocycles. The van der Waals surface area contributed by atoms with Gasteiger partial charge in [0.05, 0.1) is 6.10 Å². The lowest BCUT2D eigenvalue weighted by atomic mass is 9.75. The predicted molar refractivity (Wildman–Crippen MR) is 62.8 cm³/mol. The van der Waals surface area contributed by atoms with Crippen LogP contribution in [0.1, 0.15) is 40.0 Å². The maximum Gasteiger partial charge on any atom is 0.0688 e. The Morgan fingerprint density at radius 2 is 2.20 bits per heavy atom. The van der Waals surface area contributed by atoms with Crippen LogP contribution in [0.3, 0.4) is 0 Å². The van der Waals surface area contributed by atoms with Gasteiger partial charge in [-0.3, -0.25) is 4.90 Å². The summed E-state index contributed by atoms with van der Waals surface area (Å²) in [5.41, 5.74) is 1.75. The molecule has 0 radical (unpaired) electrons. The quantitative estimate of drug-likeness (QED) is 0.669. The van der Waals surface area contributed by atoms with Crippen LogP contribution in [-0.4, -0.2) is 34.7 Å². The molecule has 0 saturated carbocycles. The van der Waals surface area contributed by atoms with E-state index >= 15 is 0 Å². The molecule has 2 aliphatic rings. The van der Waals surface area contributed by atoms with E-state index in [4.69, 9.17) is 0 Å². The Morgan fingerprint density at radius 3 is 2.80 bits per heavy atom. The summed E-state index contributed by atoms with van der Waals surface area (Å²) in [5, 5.41) is 9.83.